The lowest BCUT2D eigenvalue weighted by atomic mass is 9.94. The molecule has 2 aliphatic heterocycles. The summed E-state index contributed by atoms with van der Waals surface area (Å²) in [7, 11) is 0. The Morgan fingerprint density at radius 2 is 1.96 bits per heavy atom. The van der Waals surface area contributed by atoms with Crippen LogP contribution < -0.4 is 0 Å². The Balaban J connectivity index is 1.50. The zero-order valence-electron chi connectivity index (χ0n) is 15.1. The minimum absolute atomic E-state index is 0.0896. The molecule has 0 radical (unpaired) electrons. The SMILES string of the molecule is CC(=O)O[C@H]1OC[C@H]2OC3(CCCCC3)O[C@@H]2[C@H]1SCc1ccccc1. The van der Waals surface area contributed by atoms with Gasteiger partial charge < -0.3 is 18.9 Å². The number of hydrogen-bond donors (Lipinski definition) is 0. The molecule has 6 heteroatoms. The van der Waals surface area contributed by atoms with E-state index in [-0.39, 0.29) is 23.4 Å². The van der Waals surface area contributed by atoms with Crippen LogP contribution in [0.2, 0.25) is 0 Å². The number of rotatable bonds is 4. The lowest BCUT2D eigenvalue weighted by molar-refractivity contribution is -0.199. The third-order valence-corrected chi connectivity index (χ3v) is 6.66. The normalized spacial score (nSPS) is 33.0. The maximum Gasteiger partial charge on any atom is 0.304 e. The van der Waals surface area contributed by atoms with Crippen LogP contribution >= 0.6 is 11.8 Å². The second-order valence-electron chi connectivity index (χ2n) is 7.28. The molecule has 142 valence electrons. The number of carbonyl (C=O) groups excluding carboxylic acids is 1. The van der Waals surface area contributed by atoms with Crippen molar-refractivity contribution in [2.45, 2.75) is 74.3 Å². The van der Waals surface area contributed by atoms with Gasteiger partial charge >= 0.3 is 5.97 Å². The van der Waals surface area contributed by atoms with Crippen LogP contribution in [-0.4, -0.2) is 42.1 Å². The van der Waals surface area contributed by atoms with Gasteiger partial charge in [0.1, 0.15) is 12.2 Å². The highest BCUT2D eigenvalue weighted by Gasteiger charge is 2.55. The molecule has 1 aromatic carbocycles. The number of hydrogen-bond acceptors (Lipinski definition) is 6. The molecular weight excluding hydrogens is 352 g/mol. The maximum atomic E-state index is 11.5. The van der Waals surface area contributed by atoms with Crippen LogP contribution in [0, 0.1) is 0 Å². The van der Waals surface area contributed by atoms with E-state index < -0.39 is 12.1 Å². The molecule has 4 rings (SSSR count). The first kappa shape index (κ1) is 18.3. The molecule has 5 nitrogen and oxygen atoms in total. The largest absolute Gasteiger partial charge is 0.435 e. The van der Waals surface area contributed by atoms with Gasteiger partial charge in [-0.2, -0.15) is 0 Å². The summed E-state index contributed by atoms with van der Waals surface area (Å²) in [6.45, 7) is 1.83. The van der Waals surface area contributed by atoms with Crippen molar-refractivity contribution in [3.63, 3.8) is 0 Å². The topological polar surface area (TPSA) is 54.0 Å². The van der Waals surface area contributed by atoms with Crippen LogP contribution in [0.25, 0.3) is 0 Å². The predicted molar refractivity (Wildman–Crippen MR) is 98.6 cm³/mol. The van der Waals surface area contributed by atoms with Gasteiger partial charge in [-0.15, -0.1) is 11.8 Å². The smallest absolute Gasteiger partial charge is 0.304 e. The van der Waals surface area contributed by atoms with Crippen molar-refractivity contribution in [3.05, 3.63) is 35.9 Å². The molecule has 3 fully saturated rings. The molecule has 0 aromatic heterocycles. The standard InChI is InChI=1S/C20H26O5S/c1-14(21)23-19-18(26-13-15-8-4-2-5-9-15)17-16(12-22-19)24-20(25-17)10-6-3-7-11-20/h2,4-5,8-9,16-19H,3,6-7,10-13H2,1H3/t16-,17+,18-,19-/m1/s1. The molecule has 1 aliphatic carbocycles. The van der Waals surface area contributed by atoms with Crippen LogP contribution in [0.5, 0.6) is 0 Å². The van der Waals surface area contributed by atoms with Crippen molar-refractivity contribution >= 4 is 17.7 Å². The van der Waals surface area contributed by atoms with Gasteiger partial charge in [0.25, 0.3) is 0 Å². The Morgan fingerprint density at radius 1 is 1.19 bits per heavy atom. The van der Waals surface area contributed by atoms with Gasteiger partial charge in [0, 0.05) is 25.5 Å². The van der Waals surface area contributed by atoms with Gasteiger partial charge in [0.05, 0.1) is 11.9 Å². The van der Waals surface area contributed by atoms with Crippen LogP contribution in [0.1, 0.15) is 44.6 Å². The number of thioether (sulfide) groups is 1. The molecule has 1 aromatic rings. The number of carbonyl (C=O) groups is 1. The lowest BCUT2D eigenvalue weighted by Crippen LogP contribution is -2.51. The highest BCUT2D eigenvalue weighted by atomic mass is 32.2. The van der Waals surface area contributed by atoms with Crippen molar-refractivity contribution in [1.29, 1.82) is 0 Å². The van der Waals surface area contributed by atoms with Crippen LogP contribution in [0.3, 0.4) is 0 Å². The highest BCUT2D eigenvalue weighted by molar-refractivity contribution is 7.99. The molecule has 0 amide bonds. The van der Waals surface area contributed by atoms with E-state index in [0.717, 1.165) is 31.4 Å². The molecular formula is C20H26O5S. The molecule has 26 heavy (non-hydrogen) atoms. The first-order chi connectivity index (χ1) is 12.7. The molecule has 1 spiro atoms. The zero-order valence-corrected chi connectivity index (χ0v) is 15.9. The van der Waals surface area contributed by atoms with E-state index in [2.05, 4.69) is 12.1 Å². The molecule has 0 unspecified atom stereocenters. The summed E-state index contributed by atoms with van der Waals surface area (Å²) in [5.41, 5.74) is 1.23. The van der Waals surface area contributed by atoms with Crippen LogP contribution in [0.15, 0.2) is 30.3 Å². The Kier molecular flexibility index (Phi) is 5.55. The number of esters is 1. The zero-order chi connectivity index (χ0) is 18.0. The van der Waals surface area contributed by atoms with Crippen molar-refractivity contribution in [2.75, 3.05) is 6.61 Å². The quantitative estimate of drug-likeness (QED) is 0.746. The number of benzene rings is 1. The van der Waals surface area contributed by atoms with Gasteiger partial charge in [0.15, 0.2) is 5.79 Å². The van der Waals surface area contributed by atoms with E-state index in [1.807, 2.05) is 18.2 Å². The minimum atomic E-state index is -0.593. The van der Waals surface area contributed by atoms with Crippen molar-refractivity contribution in [3.8, 4) is 0 Å². The highest BCUT2D eigenvalue weighted by Crippen LogP contribution is 2.46. The first-order valence-corrected chi connectivity index (χ1v) is 10.5. The fourth-order valence-corrected chi connectivity index (χ4v) is 5.36. The summed E-state index contributed by atoms with van der Waals surface area (Å²) in [6, 6.07) is 10.3. The lowest BCUT2D eigenvalue weighted by Gasteiger charge is -2.36. The van der Waals surface area contributed by atoms with Gasteiger partial charge in [-0.1, -0.05) is 36.8 Å². The van der Waals surface area contributed by atoms with Gasteiger partial charge in [0.2, 0.25) is 6.29 Å². The summed E-state index contributed by atoms with van der Waals surface area (Å²) < 4.78 is 24.1. The van der Waals surface area contributed by atoms with Crippen molar-refractivity contribution in [1.82, 2.24) is 0 Å². The maximum absolute atomic E-state index is 11.5. The molecule has 4 atom stereocenters. The summed E-state index contributed by atoms with van der Waals surface area (Å²) in [4.78, 5) is 11.5. The molecule has 2 saturated heterocycles. The van der Waals surface area contributed by atoms with Gasteiger partial charge in [-0.05, 0) is 18.4 Å². The van der Waals surface area contributed by atoms with Crippen molar-refractivity contribution in [2.24, 2.45) is 0 Å². The molecule has 2 heterocycles. The van der Waals surface area contributed by atoms with E-state index in [0.29, 0.717) is 6.61 Å². The molecule has 0 bridgehead atoms. The summed E-state index contributed by atoms with van der Waals surface area (Å²) in [6.07, 6.45) is 4.59. The molecule has 3 aliphatic rings. The van der Waals surface area contributed by atoms with Gasteiger partial charge in [-0.25, -0.2) is 0 Å². The third-order valence-electron chi connectivity index (χ3n) is 5.28. The Bertz CT molecular complexity index is 616. The summed E-state index contributed by atoms with van der Waals surface area (Å²) in [5, 5.41) is -0.0980. The predicted octanol–water partition coefficient (Wildman–Crippen LogP) is 3.65. The number of fused-ring (bicyclic) bond motifs is 1. The van der Waals surface area contributed by atoms with E-state index in [1.165, 1.54) is 18.9 Å². The Morgan fingerprint density at radius 3 is 2.69 bits per heavy atom. The fourth-order valence-electron chi connectivity index (χ4n) is 4.07. The van der Waals surface area contributed by atoms with E-state index in [1.54, 1.807) is 11.8 Å². The minimum Gasteiger partial charge on any atom is -0.435 e. The summed E-state index contributed by atoms with van der Waals surface area (Å²) >= 11 is 1.72. The van der Waals surface area contributed by atoms with Gasteiger partial charge in [-0.3, -0.25) is 4.79 Å². The summed E-state index contributed by atoms with van der Waals surface area (Å²) in [5.74, 6) is 0.0184. The van der Waals surface area contributed by atoms with E-state index in [9.17, 15) is 4.79 Å². The second-order valence-corrected chi connectivity index (χ2v) is 8.45. The van der Waals surface area contributed by atoms with E-state index >= 15 is 0 Å². The first-order valence-electron chi connectivity index (χ1n) is 9.45. The average Bonchev–Trinajstić information content (AvgIpc) is 2.99. The Hall–Kier alpha value is -1.08. The molecule has 1 saturated carbocycles. The third kappa shape index (κ3) is 3.93. The monoisotopic (exact) mass is 378 g/mol. The van der Waals surface area contributed by atoms with Crippen molar-refractivity contribution < 1.29 is 23.7 Å². The molecule has 0 N–H and O–H groups in total. The average molecular weight is 378 g/mol. The Labute approximate surface area is 158 Å². The van der Waals surface area contributed by atoms with Crippen LogP contribution in [0.4, 0.5) is 0 Å². The van der Waals surface area contributed by atoms with E-state index in [4.69, 9.17) is 18.9 Å². The second kappa shape index (κ2) is 7.89. The van der Waals surface area contributed by atoms with Crippen LogP contribution in [-0.2, 0) is 29.5 Å². The number of ether oxygens (including phenoxy) is 4. The fraction of sp³-hybridized carbons (Fsp3) is 0.650.